The minimum absolute atomic E-state index is 0.147. The second-order valence-corrected chi connectivity index (χ2v) is 6.75. The Labute approximate surface area is 166 Å². The maximum atomic E-state index is 13.5. The molecule has 30 heavy (non-hydrogen) atoms. The molecule has 2 heterocycles. The van der Waals surface area contributed by atoms with Crippen LogP contribution in [0, 0.1) is 10.1 Å². The number of hydrogen-bond donors (Lipinski definition) is 1. The van der Waals surface area contributed by atoms with E-state index in [1.807, 2.05) is 0 Å². The molecule has 3 atom stereocenters. The first-order valence-electron chi connectivity index (χ1n) is 8.68. The van der Waals surface area contributed by atoms with Crippen LogP contribution in [0.15, 0.2) is 42.7 Å². The lowest BCUT2D eigenvalue weighted by atomic mass is 9.89. The van der Waals surface area contributed by atoms with Crippen molar-refractivity contribution < 1.29 is 36.0 Å². The third kappa shape index (κ3) is 4.81. The molecule has 1 aliphatic rings. The molecule has 1 fully saturated rings. The second-order valence-electron chi connectivity index (χ2n) is 6.75. The first-order valence-corrected chi connectivity index (χ1v) is 8.68. The van der Waals surface area contributed by atoms with Crippen molar-refractivity contribution in [3.8, 4) is 5.75 Å². The summed E-state index contributed by atoms with van der Waals surface area (Å²) in [5.41, 5.74) is -3.07. The molecule has 1 N–H and O–H groups in total. The van der Waals surface area contributed by atoms with Crippen molar-refractivity contribution in [3.63, 3.8) is 0 Å². The number of hydrogen-bond acceptors (Lipinski definition) is 5. The van der Waals surface area contributed by atoms with Gasteiger partial charge in [-0.2, -0.15) is 26.3 Å². The molecule has 1 aromatic carbocycles. The fourth-order valence-electron chi connectivity index (χ4n) is 3.45. The summed E-state index contributed by atoms with van der Waals surface area (Å²) in [5.74, 6) is -0.980. The zero-order valence-electron chi connectivity index (χ0n) is 15.1. The van der Waals surface area contributed by atoms with Crippen LogP contribution < -0.4 is 10.1 Å². The Balaban J connectivity index is 1.87. The number of aromatic nitrogens is 1. The van der Waals surface area contributed by atoms with Crippen molar-refractivity contribution in [3.05, 3.63) is 64.0 Å². The zero-order valence-corrected chi connectivity index (χ0v) is 15.1. The Kier molecular flexibility index (Phi) is 5.88. The molecule has 0 amide bonds. The largest absolute Gasteiger partial charge is 0.492 e. The lowest BCUT2D eigenvalue weighted by Gasteiger charge is -2.23. The Morgan fingerprint density at radius 2 is 1.80 bits per heavy atom. The van der Waals surface area contributed by atoms with E-state index in [9.17, 15) is 36.5 Å². The van der Waals surface area contributed by atoms with Gasteiger partial charge < -0.3 is 4.74 Å². The highest BCUT2D eigenvalue weighted by Crippen LogP contribution is 2.43. The van der Waals surface area contributed by atoms with E-state index in [0.29, 0.717) is 17.9 Å². The predicted octanol–water partition coefficient (Wildman–Crippen LogP) is 4.46. The minimum Gasteiger partial charge on any atom is -0.492 e. The maximum Gasteiger partial charge on any atom is 0.423 e. The van der Waals surface area contributed by atoms with Crippen LogP contribution in [0.3, 0.4) is 0 Å². The number of rotatable bonds is 5. The summed E-state index contributed by atoms with van der Waals surface area (Å²) in [6.07, 6.45) is -7.11. The number of nitro groups is 1. The Hall–Kier alpha value is -2.89. The Morgan fingerprint density at radius 3 is 2.37 bits per heavy atom. The molecule has 0 radical (unpaired) electrons. The van der Waals surface area contributed by atoms with Gasteiger partial charge in [0, 0.05) is 30.4 Å². The van der Waals surface area contributed by atoms with Gasteiger partial charge in [-0.25, -0.2) is 0 Å². The first kappa shape index (κ1) is 21.8. The van der Waals surface area contributed by atoms with Gasteiger partial charge in [-0.1, -0.05) is 6.07 Å². The number of pyridine rings is 1. The molecule has 1 aliphatic heterocycles. The van der Waals surface area contributed by atoms with Crippen molar-refractivity contribution in [1.82, 2.24) is 10.3 Å². The molecule has 6 nitrogen and oxygen atoms in total. The van der Waals surface area contributed by atoms with Crippen LogP contribution in [0.1, 0.15) is 23.5 Å². The third-order valence-corrected chi connectivity index (χ3v) is 4.76. The van der Waals surface area contributed by atoms with Crippen molar-refractivity contribution in [2.24, 2.45) is 0 Å². The summed E-state index contributed by atoms with van der Waals surface area (Å²) in [6, 6.07) is 2.07. The maximum absolute atomic E-state index is 13.5. The van der Waals surface area contributed by atoms with E-state index in [1.54, 1.807) is 0 Å². The Morgan fingerprint density at radius 1 is 1.13 bits per heavy atom. The van der Waals surface area contributed by atoms with Crippen molar-refractivity contribution in [2.75, 3.05) is 6.61 Å². The normalized spacial score (nSPS) is 22.1. The molecule has 3 unspecified atom stereocenters. The number of ether oxygens (including phenoxy) is 1. The summed E-state index contributed by atoms with van der Waals surface area (Å²) >= 11 is 0. The van der Waals surface area contributed by atoms with Gasteiger partial charge in [0.2, 0.25) is 0 Å². The summed E-state index contributed by atoms with van der Waals surface area (Å²) in [6.45, 7) is -0.147. The predicted molar refractivity (Wildman–Crippen MR) is 92.0 cm³/mol. The Bertz CT molecular complexity index is 904. The van der Waals surface area contributed by atoms with E-state index in [2.05, 4.69) is 10.3 Å². The van der Waals surface area contributed by atoms with Gasteiger partial charge in [0.05, 0.1) is 4.92 Å². The molecule has 0 saturated carbocycles. The van der Waals surface area contributed by atoms with E-state index in [1.165, 1.54) is 24.5 Å². The number of nitrogens with zero attached hydrogens (tertiary/aromatic N) is 2. The van der Waals surface area contributed by atoms with Crippen LogP contribution in [0.2, 0.25) is 0 Å². The summed E-state index contributed by atoms with van der Waals surface area (Å²) in [4.78, 5) is 13.5. The van der Waals surface area contributed by atoms with Gasteiger partial charge in [0.15, 0.2) is 0 Å². The molecule has 0 bridgehead atoms. The van der Waals surface area contributed by atoms with Crippen molar-refractivity contribution in [2.45, 2.75) is 36.8 Å². The number of nitrogens with one attached hydrogen (secondary N) is 1. The minimum atomic E-state index is -5.08. The average Bonchev–Trinajstić information content (AvgIpc) is 3.11. The molecule has 2 aromatic rings. The van der Waals surface area contributed by atoms with Crippen LogP contribution >= 0.6 is 0 Å². The van der Waals surface area contributed by atoms with Crippen LogP contribution in [0.5, 0.6) is 5.75 Å². The number of halogens is 6. The van der Waals surface area contributed by atoms with Gasteiger partial charge >= 0.3 is 12.4 Å². The highest BCUT2D eigenvalue weighted by molar-refractivity contribution is 5.46. The highest BCUT2D eigenvalue weighted by atomic mass is 19.4. The van der Waals surface area contributed by atoms with E-state index >= 15 is 0 Å². The number of benzene rings is 1. The molecular weight excluding hydrogens is 420 g/mol. The number of alkyl halides is 6. The van der Waals surface area contributed by atoms with Crippen molar-refractivity contribution >= 4 is 5.69 Å². The molecule has 1 aromatic heterocycles. The molecule has 0 aliphatic carbocycles. The zero-order chi connectivity index (χ0) is 22.1. The van der Waals surface area contributed by atoms with E-state index in [0.717, 1.165) is 6.07 Å². The van der Waals surface area contributed by atoms with Crippen LogP contribution in [0.25, 0.3) is 0 Å². The SMILES string of the molecule is O=[N+]([O-])c1ccc(C2CC(COc3ccncc3)NC2C(F)(F)F)cc1C(F)(F)F. The first-order chi connectivity index (χ1) is 14.0. The fraction of sp³-hybridized carbons (Fsp3) is 0.389. The standard InChI is InChI=1S/C18H15F6N3O3/c19-17(20,21)14-7-10(1-2-15(14)27(28)29)13-8-11(26-16(13)18(22,23)24)9-30-12-3-5-25-6-4-12/h1-7,11,13,16,26H,8-9H2. The fourth-order valence-corrected chi connectivity index (χ4v) is 3.45. The van der Waals surface area contributed by atoms with Gasteiger partial charge in [-0.05, 0) is 30.2 Å². The smallest absolute Gasteiger partial charge is 0.423 e. The second kappa shape index (κ2) is 8.09. The van der Waals surface area contributed by atoms with E-state index in [4.69, 9.17) is 4.74 Å². The summed E-state index contributed by atoms with van der Waals surface area (Å²) in [7, 11) is 0. The lowest BCUT2D eigenvalue weighted by Crippen LogP contribution is -2.44. The molecule has 1 saturated heterocycles. The molecular formula is C18H15F6N3O3. The molecule has 3 rings (SSSR count). The van der Waals surface area contributed by atoms with Gasteiger partial charge in [0.1, 0.15) is 24.0 Å². The molecule has 0 spiro atoms. The van der Waals surface area contributed by atoms with Crippen LogP contribution in [-0.4, -0.2) is 34.8 Å². The molecule has 162 valence electrons. The summed E-state index contributed by atoms with van der Waals surface area (Å²) in [5, 5.41) is 13.3. The van der Waals surface area contributed by atoms with Crippen LogP contribution in [0.4, 0.5) is 32.0 Å². The topological polar surface area (TPSA) is 77.3 Å². The quantitative estimate of drug-likeness (QED) is 0.426. The third-order valence-electron chi connectivity index (χ3n) is 4.76. The van der Waals surface area contributed by atoms with Gasteiger partial charge in [-0.15, -0.1) is 0 Å². The van der Waals surface area contributed by atoms with Crippen molar-refractivity contribution in [1.29, 1.82) is 0 Å². The van der Waals surface area contributed by atoms with Gasteiger partial charge in [-0.3, -0.25) is 20.4 Å². The van der Waals surface area contributed by atoms with E-state index in [-0.39, 0.29) is 18.6 Å². The summed E-state index contributed by atoms with van der Waals surface area (Å²) < 4.78 is 85.7. The number of nitro benzene ring substituents is 1. The lowest BCUT2D eigenvalue weighted by molar-refractivity contribution is -0.388. The molecule has 12 heteroatoms. The van der Waals surface area contributed by atoms with Crippen LogP contribution in [-0.2, 0) is 6.18 Å². The average molecular weight is 435 g/mol. The van der Waals surface area contributed by atoms with E-state index < -0.39 is 46.5 Å². The monoisotopic (exact) mass is 435 g/mol. The highest BCUT2D eigenvalue weighted by Gasteiger charge is 2.51. The van der Waals surface area contributed by atoms with Gasteiger partial charge in [0.25, 0.3) is 5.69 Å².